The van der Waals surface area contributed by atoms with Crippen LogP contribution in [0.3, 0.4) is 0 Å². The van der Waals surface area contributed by atoms with E-state index in [4.69, 9.17) is 16.3 Å². The first-order valence-electron chi connectivity index (χ1n) is 2.91. The summed E-state index contributed by atoms with van der Waals surface area (Å²) in [5.74, 6) is 0. The van der Waals surface area contributed by atoms with Gasteiger partial charge in [-0.1, -0.05) is 19.6 Å². The second kappa shape index (κ2) is 2.45. The molecule has 4 heteroatoms. The second-order valence-electron chi connectivity index (χ2n) is 3.36. The van der Waals surface area contributed by atoms with Gasteiger partial charge in [-0.05, 0) is 6.55 Å². The second-order valence-corrected chi connectivity index (χ2v) is 20.8. The van der Waals surface area contributed by atoms with E-state index >= 15 is 0 Å². The van der Waals surface area contributed by atoms with Gasteiger partial charge in [-0.2, -0.15) is 11.1 Å². The first-order chi connectivity index (χ1) is 3.81. The van der Waals surface area contributed by atoms with E-state index in [2.05, 4.69) is 25.3 Å². The first-order valence-corrected chi connectivity index (χ1v) is 10.9. The van der Waals surface area contributed by atoms with Crippen molar-refractivity contribution in [2.45, 2.75) is 26.2 Å². The van der Waals surface area contributed by atoms with E-state index in [0.29, 0.717) is 0 Å². The highest BCUT2D eigenvalue weighted by molar-refractivity contribution is 7.61. The summed E-state index contributed by atoms with van der Waals surface area (Å²) >= 11 is 6.04. The molecule has 0 aliphatic rings. The molecule has 0 heterocycles. The predicted octanol–water partition coefficient (Wildman–Crippen LogP) is 2.28. The van der Waals surface area contributed by atoms with Gasteiger partial charge in [0.1, 0.15) is 0 Å². The van der Waals surface area contributed by atoms with E-state index in [-0.39, 0.29) is 0 Å². The lowest BCUT2D eigenvalue weighted by molar-refractivity contribution is 1.55. The molecule has 0 saturated carbocycles. The molecule has 0 amide bonds. The summed E-state index contributed by atoms with van der Waals surface area (Å²) < 4.78 is 0. The normalized spacial score (nSPS) is 18.2. The van der Waals surface area contributed by atoms with Gasteiger partial charge in [0.15, 0.2) is 0 Å². The van der Waals surface area contributed by atoms with Gasteiger partial charge in [-0.15, -0.1) is 0 Å². The van der Waals surface area contributed by atoms with Crippen LogP contribution in [-0.4, -0.2) is 14.5 Å². The molecule has 0 aromatic carbocycles. The smallest absolute Gasteiger partial charge is 0.205 e. The Kier molecular flexibility index (Phi) is 2.51. The monoisotopic (exact) mass is 177 g/mol. The van der Waals surface area contributed by atoms with E-state index in [1.54, 1.807) is 0 Å². The highest BCUT2D eigenvalue weighted by Gasteiger charge is 2.40. The van der Waals surface area contributed by atoms with E-state index in [0.717, 1.165) is 0 Å². The minimum Gasteiger partial charge on any atom is -0.205 e. The average molecular weight is 178 g/mol. The largest absolute Gasteiger partial charge is 0.252 e. The van der Waals surface area contributed by atoms with Crippen LogP contribution in [0.25, 0.3) is 0 Å². The molecule has 1 nitrogen and oxygen atoms in total. The molecule has 0 aliphatic heterocycles. The lowest BCUT2D eigenvalue weighted by Gasteiger charge is -2.24. The van der Waals surface area contributed by atoms with Crippen molar-refractivity contribution in [2.75, 3.05) is 0 Å². The third-order valence-corrected chi connectivity index (χ3v) is 19.0. The summed E-state index contributed by atoms with van der Waals surface area (Å²) in [4.78, 5) is 0. The van der Waals surface area contributed by atoms with Crippen molar-refractivity contribution < 1.29 is 0 Å². The molecular formula is C5H12ClNSi2. The van der Waals surface area contributed by atoms with Gasteiger partial charge in [0.2, 0.25) is 0 Å². The van der Waals surface area contributed by atoms with E-state index in [1.807, 2.05) is 6.55 Å². The van der Waals surface area contributed by atoms with E-state index < -0.39 is 14.5 Å². The minimum absolute atomic E-state index is 1.34. The minimum atomic E-state index is -1.96. The number of nitrogens with zero attached hydrogens (tertiary/aromatic N) is 1. The van der Waals surface area contributed by atoms with Gasteiger partial charge in [0.05, 0.1) is 7.59 Å². The number of nitriles is 1. The van der Waals surface area contributed by atoms with Crippen molar-refractivity contribution in [2.24, 2.45) is 0 Å². The van der Waals surface area contributed by atoms with Crippen LogP contribution in [0.15, 0.2) is 0 Å². The van der Waals surface area contributed by atoms with Gasteiger partial charge in [0, 0.05) is 5.69 Å². The van der Waals surface area contributed by atoms with E-state index in [9.17, 15) is 0 Å². The van der Waals surface area contributed by atoms with Crippen molar-refractivity contribution in [3.05, 3.63) is 0 Å². The Balaban J connectivity index is 4.39. The highest BCUT2D eigenvalue weighted by Crippen LogP contribution is 2.21. The molecule has 0 fully saturated rings. The molecule has 1 atom stereocenters. The molecule has 0 bridgehead atoms. The molecule has 0 aromatic rings. The maximum absolute atomic E-state index is 8.64. The number of hydrogen-bond acceptors (Lipinski definition) is 1. The fraction of sp³-hybridized carbons (Fsp3) is 0.800. The number of hydrogen-bond donors (Lipinski definition) is 0. The van der Waals surface area contributed by atoms with Crippen molar-refractivity contribution in [3.8, 4) is 5.69 Å². The Hall–Kier alpha value is 0.214. The molecule has 1 unspecified atom stereocenters. The van der Waals surface area contributed by atoms with Crippen LogP contribution in [0.2, 0.25) is 26.2 Å². The van der Waals surface area contributed by atoms with Crippen molar-refractivity contribution in [1.29, 1.82) is 5.26 Å². The van der Waals surface area contributed by atoms with Gasteiger partial charge >= 0.3 is 0 Å². The topological polar surface area (TPSA) is 23.8 Å². The molecule has 0 aliphatic carbocycles. The van der Waals surface area contributed by atoms with Gasteiger partial charge in [-0.25, -0.2) is 5.26 Å². The summed E-state index contributed by atoms with van der Waals surface area (Å²) in [5, 5.41) is 8.64. The molecule has 0 N–H and O–H groups in total. The summed E-state index contributed by atoms with van der Waals surface area (Å²) in [7, 11) is -1.34. The Morgan fingerprint density at radius 2 is 1.56 bits per heavy atom. The van der Waals surface area contributed by atoms with Crippen LogP contribution < -0.4 is 0 Å². The fourth-order valence-corrected chi connectivity index (χ4v) is 1.51. The molecule has 0 spiro atoms. The van der Waals surface area contributed by atoms with Crippen molar-refractivity contribution in [1.82, 2.24) is 0 Å². The van der Waals surface area contributed by atoms with Crippen molar-refractivity contribution in [3.63, 3.8) is 0 Å². The molecule has 0 saturated heterocycles. The predicted molar refractivity (Wildman–Crippen MR) is 46.4 cm³/mol. The lowest BCUT2D eigenvalue weighted by atomic mass is 11.8. The Labute approximate surface area is 63.2 Å². The number of rotatable bonds is 1. The summed E-state index contributed by atoms with van der Waals surface area (Å²) in [6.45, 7) is 6.41. The van der Waals surface area contributed by atoms with Crippen LogP contribution in [-0.2, 0) is 0 Å². The van der Waals surface area contributed by atoms with Gasteiger partial charge in [-0.3, -0.25) is 0 Å². The summed E-state index contributed by atoms with van der Waals surface area (Å²) in [5.41, 5.74) is 2.25. The molecule has 0 rings (SSSR count). The Morgan fingerprint density at radius 3 is 1.56 bits per heavy atom. The molecule has 0 radical (unpaired) electrons. The molecular weight excluding hydrogens is 166 g/mol. The SMILES string of the molecule is C[Si](C)(C)[Si](C)(Cl)C#N. The third-order valence-electron chi connectivity index (χ3n) is 1.62. The molecule has 52 valence electrons. The van der Waals surface area contributed by atoms with Crippen LogP contribution in [0.1, 0.15) is 0 Å². The maximum atomic E-state index is 8.64. The summed E-state index contributed by atoms with van der Waals surface area (Å²) in [6, 6.07) is 0. The maximum Gasteiger partial charge on any atom is 0.252 e. The van der Waals surface area contributed by atoms with Gasteiger partial charge < -0.3 is 0 Å². The van der Waals surface area contributed by atoms with Crippen molar-refractivity contribution >= 4 is 25.6 Å². The quantitative estimate of drug-likeness (QED) is 0.446. The van der Waals surface area contributed by atoms with E-state index in [1.165, 1.54) is 0 Å². The average Bonchev–Trinajstić information content (AvgIpc) is 1.64. The molecule has 0 aromatic heterocycles. The first kappa shape index (κ1) is 9.21. The highest BCUT2D eigenvalue weighted by atomic mass is 35.6. The zero-order valence-electron chi connectivity index (χ0n) is 6.33. The summed E-state index contributed by atoms with van der Waals surface area (Å²) in [6.07, 6.45) is 0. The zero-order valence-corrected chi connectivity index (χ0v) is 9.08. The third kappa shape index (κ3) is 2.13. The zero-order chi connectivity index (χ0) is 7.71. The number of halogens is 1. The Morgan fingerprint density at radius 1 is 1.22 bits per heavy atom. The molecule has 9 heavy (non-hydrogen) atoms. The Bertz CT molecular complexity index is 142. The van der Waals surface area contributed by atoms with Crippen LogP contribution in [0.5, 0.6) is 0 Å². The standard InChI is InChI=1S/C5H12ClNSi2/c1-8(2,3)9(4,6)5-7/h1-4H3. The van der Waals surface area contributed by atoms with Gasteiger partial charge in [0.25, 0.3) is 6.90 Å². The van der Waals surface area contributed by atoms with Crippen LogP contribution in [0, 0.1) is 11.0 Å². The lowest BCUT2D eigenvalue weighted by Crippen LogP contribution is -2.49. The fourth-order valence-electron chi connectivity index (χ4n) is 0.168. The van der Waals surface area contributed by atoms with Crippen LogP contribution in [0.4, 0.5) is 0 Å². The van der Waals surface area contributed by atoms with Crippen LogP contribution >= 0.6 is 11.1 Å².